The Balaban J connectivity index is 1.51. The smallest absolute Gasteiger partial charge is 0.307 e. The molecule has 1 aliphatic carbocycles. The molecule has 26 heavy (non-hydrogen) atoms. The van der Waals surface area contributed by atoms with E-state index in [0.29, 0.717) is 6.54 Å². The van der Waals surface area contributed by atoms with Gasteiger partial charge in [0.15, 0.2) is 0 Å². The van der Waals surface area contributed by atoms with E-state index in [1.807, 2.05) is 24.3 Å². The van der Waals surface area contributed by atoms with Crippen LogP contribution in [-0.4, -0.2) is 27.0 Å². The number of carbonyl (C=O) groups is 2. The number of para-hydroxylation sites is 2. The number of fused-ring (bicyclic) bond motifs is 1. The van der Waals surface area contributed by atoms with E-state index in [-0.39, 0.29) is 24.2 Å². The minimum absolute atomic E-state index is 0.0903. The highest BCUT2D eigenvalue weighted by molar-refractivity contribution is 5.88. The molecule has 0 unspecified atom stereocenters. The number of hydrogen-bond acceptors (Lipinski definition) is 4. The van der Waals surface area contributed by atoms with Gasteiger partial charge in [-0.1, -0.05) is 18.6 Å². The molecule has 1 amide bonds. The average molecular weight is 355 g/mol. The van der Waals surface area contributed by atoms with Gasteiger partial charge in [-0.3, -0.25) is 9.59 Å². The third-order valence-electron chi connectivity index (χ3n) is 5.81. The molecule has 2 fully saturated rings. The van der Waals surface area contributed by atoms with Crippen LogP contribution in [0.3, 0.4) is 0 Å². The quantitative estimate of drug-likeness (QED) is 0.856. The summed E-state index contributed by atoms with van der Waals surface area (Å²) in [7, 11) is 0. The van der Waals surface area contributed by atoms with Gasteiger partial charge in [-0.25, -0.2) is 4.98 Å². The Morgan fingerprint density at radius 2 is 2.08 bits per heavy atom. The lowest BCUT2D eigenvalue weighted by Gasteiger charge is -2.36. The van der Waals surface area contributed by atoms with Crippen molar-refractivity contribution in [2.75, 3.05) is 0 Å². The van der Waals surface area contributed by atoms with E-state index in [4.69, 9.17) is 4.74 Å². The Morgan fingerprint density at radius 3 is 2.85 bits per heavy atom. The van der Waals surface area contributed by atoms with Crippen molar-refractivity contribution in [3.63, 3.8) is 0 Å². The fraction of sp³-hybridized carbons (Fsp3) is 0.550. The number of aryl methyl sites for hydroxylation is 1. The molecule has 1 N–H and O–H groups in total. The van der Waals surface area contributed by atoms with E-state index >= 15 is 0 Å². The maximum absolute atomic E-state index is 12.9. The topological polar surface area (TPSA) is 73.2 Å². The molecule has 1 aromatic heterocycles. The molecular formula is C20H25N3O3. The van der Waals surface area contributed by atoms with Crippen molar-refractivity contribution in [3.05, 3.63) is 30.1 Å². The third-order valence-corrected chi connectivity index (χ3v) is 5.81. The molecule has 0 radical (unpaired) electrons. The Hall–Kier alpha value is -2.37. The van der Waals surface area contributed by atoms with Crippen LogP contribution in [0.2, 0.25) is 0 Å². The minimum Gasteiger partial charge on any atom is -0.458 e. The van der Waals surface area contributed by atoms with Crippen LogP contribution < -0.4 is 5.32 Å². The standard InChI is InChI=1S/C20H25N3O3/c1-2-23-16-9-5-4-8-15(16)22-17(23)13-21-19(25)14-12-18(24)26-20(14)10-6-3-7-11-20/h4-5,8-9,14H,2-3,6-7,10-13H2,1H3,(H,21,25)/t14-/m0/s1. The highest BCUT2D eigenvalue weighted by Crippen LogP contribution is 2.44. The number of nitrogens with zero attached hydrogens (tertiary/aromatic N) is 2. The number of nitrogens with one attached hydrogen (secondary N) is 1. The van der Waals surface area contributed by atoms with Crippen LogP contribution in [0.5, 0.6) is 0 Å². The predicted molar refractivity (Wildman–Crippen MR) is 97.3 cm³/mol. The van der Waals surface area contributed by atoms with Crippen LogP contribution >= 0.6 is 0 Å². The lowest BCUT2D eigenvalue weighted by atomic mass is 9.75. The predicted octanol–water partition coefficient (Wildman–Crippen LogP) is 2.94. The lowest BCUT2D eigenvalue weighted by Crippen LogP contribution is -2.45. The first kappa shape index (κ1) is 17.1. The summed E-state index contributed by atoms with van der Waals surface area (Å²) >= 11 is 0. The van der Waals surface area contributed by atoms with E-state index in [2.05, 4.69) is 21.8 Å². The van der Waals surface area contributed by atoms with Crippen LogP contribution in [0.25, 0.3) is 11.0 Å². The molecule has 6 nitrogen and oxygen atoms in total. The number of ether oxygens (including phenoxy) is 1. The summed E-state index contributed by atoms with van der Waals surface area (Å²) in [4.78, 5) is 29.4. The van der Waals surface area contributed by atoms with Crippen LogP contribution in [0.15, 0.2) is 24.3 Å². The molecule has 1 aliphatic heterocycles. The Bertz CT molecular complexity index is 836. The molecule has 1 atom stereocenters. The van der Waals surface area contributed by atoms with Gasteiger partial charge in [-0.2, -0.15) is 0 Å². The zero-order chi connectivity index (χ0) is 18.1. The molecule has 1 saturated carbocycles. The SMILES string of the molecule is CCn1c(CNC(=O)[C@@H]2CC(=O)OC23CCCCC3)nc2ccccc21. The van der Waals surface area contributed by atoms with E-state index < -0.39 is 5.60 Å². The van der Waals surface area contributed by atoms with Gasteiger partial charge in [0, 0.05) is 6.54 Å². The molecule has 2 aliphatic rings. The number of hydrogen-bond donors (Lipinski definition) is 1. The van der Waals surface area contributed by atoms with Gasteiger partial charge in [0.05, 0.1) is 29.9 Å². The van der Waals surface area contributed by atoms with Gasteiger partial charge in [-0.15, -0.1) is 0 Å². The zero-order valence-corrected chi connectivity index (χ0v) is 15.2. The zero-order valence-electron chi connectivity index (χ0n) is 15.2. The molecule has 0 bridgehead atoms. The minimum atomic E-state index is -0.579. The van der Waals surface area contributed by atoms with Gasteiger partial charge in [0.25, 0.3) is 0 Å². The number of aromatic nitrogens is 2. The molecule has 4 rings (SSSR count). The Kier molecular flexibility index (Phi) is 4.42. The molecular weight excluding hydrogens is 330 g/mol. The van der Waals surface area contributed by atoms with Crippen molar-refractivity contribution >= 4 is 22.9 Å². The Labute approximate surface area is 152 Å². The largest absolute Gasteiger partial charge is 0.458 e. The van der Waals surface area contributed by atoms with Crippen molar-refractivity contribution in [1.82, 2.24) is 14.9 Å². The second-order valence-corrected chi connectivity index (χ2v) is 7.34. The molecule has 1 aromatic carbocycles. The first-order valence-electron chi connectivity index (χ1n) is 9.56. The van der Waals surface area contributed by atoms with Crippen LogP contribution in [0.4, 0.5) is 0 Å². The molecule has 2 aromatic rings. The lowest BCUT2D eigenvalue weighted by molar-refractivity contribution is -0.153. The molecule has 1 spiro atoms. The van der Waals surface area contributed by atoms with Gasteiger partial charge in [0.1, 0.15) is 11.4 Å². The molecule has 2 heterocycles. The van der Waals surface area contributed by atoms with E-state index in [9.17, 15) is 9.59 Å². The van der Waals surface area contributed by atoms with Crippen molar-refractivity contribution in [2.24, 2.45) is 5.92 Å². The summed E-state index contributed by atoms with van der Waals surface area (Å²) < 4.78 is 7.76. The van der Waals surface area contributed by atoms with Gasteiger partial charge >= 0.3 is 5.97 Å². The summed E-state index contributed by atoms with van der Waals surface area (Å²) in [6, 6.07) is 7.98. The van der Waals surface area contributed by atoms with Gasteiger partial charge < -0.3 is 14.6 Å². The van der Waals surface area contributed by atoms with Crippen LogP contribution in [-0.2, 0) is 27.4 Å². The van der Waals surface area contributed by atoms with E-state index in [1.165, 1.54) is 0 Å². The summed E-state index contributed by atoms with van der Waals surface area (Å²) in [6.45, 7) is 3.22. The molecule has 1 saturated heterocycles. The fourth-order valence-electron chi connectivity index (χ4n) is 4.53. The normalized spacial score (nSPS) is 21.9. The van der Waals surface area contributed by atoms with Gasteiger partial charge in [-0.05, 0) is 44.7 Å². The van der Waals surface area contributed by atoms with Crippen molar-refractivity contribution in [3.8, 4) is 0 Å². The van der Waals surface area contributed by atoms with E-state index in [1.54, 1.807) is 0 Å². The number of imidazole rings is 1. The van der Waals surface area contributed by atoms with Crippen molar-refractivity contribution in [1.29, 1.82) is 0 Å². The van der Waals surface area contributed by atoms with Gasteiger partial charge in [0.2, 0.25) is 5.91 Å². The van der Waals surface area contributed by atoms with Crippen LogP contribution in [0.1, 0.15) is 51.3 Å². The molecule has 138 valence electrons. The second-order valence-electron chi connectivity index (χ2n) is 7.34. The monoisotopic (exact) mass is 355 g/mol. The van der Waals surface area contributed by atoms with Crippen molar-refractivity contribution in [2.45, 2.75) is 64.1 Å². The summed E-state index contributed by atoms with van der Waals surface area (Å²) in [5, 5.41) is 3.01. The number of esters is 1. The summed E-state index contributed by atoms with van der Waals surface area (Å²) in [6.07, 6.45) is 4.96. The molecule has 6 heteroatoms. The second kappa shape index (κ2) is 6.74. The first-order valence-corrected chi connectivity index (χ1v) is 9.56. The first-order chi connectivity index (χ1) is 12.6. The third kappa shape index (κ3) is 2.87. The van der Waals surface area contributed by atoms with Crippen molar-refractivity contribution < 1.29 is 14.3 Å². The maximum atomic E-state index is 12.9. The van der Waals surface area contributed by atoms with E-state index in [0.717, 1.165) is 55.5 Å². The number of amides is 1. The highest BCUT2D eigenvalue weighted by Gasteiger charge is 2.52. The summed E-state index contributed by atoms with van der Waals surface area (Å²) in [5.74, 6) is 0.125. The number of benzene rings is 1. The highest BCUT2D eigenvalue weighted by atomic mass is 16.6. The number of rotatable bonds is 4. The fourth-order valence-corrected chi connectivity index (χ4v) is 4.53. The summed E-state index contributed by atoms with van der Waals surface area (Å²) in [5.41, 5.74) is 1.42. The number of carbonyl (C=O) groups excluding carboxylic acids is 2. The maximum Gasteiger partial charge on any atom is 0.307 e. The average Bonchev–Trinajstić information content (AvgIpc) is 3.17. The van der Waals surface area contributed by atoms with Crippen LogP contribution in [0, 0.1) is 5.92 Å². The Morgan fingerprint density at radius 1 is 1.31 bits per heavy atom.